The van der Waals surface area contributed by atoms with Gasteiger partial charge in [0.25, 0.3) is 0 Å². The summed E-state index contributed by atoms with van der Waals surface area (Å²) in [6.07, 6.45) is 0. The lowest BCUT2D eigenvalue weighted by Crippen LogP contribution is -2.41. The summed E-state index contributed by atoms with van der Waals surface area (Å²) in [7, 11) is -0.999. The summed E-state index contributed by atoms with van der Waals surface area (Å²) in [5.41, 5.74) is 9.62. The fourth-order valence-electron chi connectivity index (χ4n) is 9.52. The Morgan fingerprint density at radius 3 is 1.62 bits per heavy atom. The summed E-state index contributed by atoms with van der Waals surface area (Å²) in [5.74, 6) is 0.669. The lowest BCUT2D eigenvalue weighted by atomic mass is 9.75. The van der Waals surface area contributed by atoms with Crippen LogP contribution < -0.4 is 5.46 Å². The monoisotopic (exact) mass is 859 g/mol. The summed E-state index contributed by atoms with van der Waals surface area (Å²) in [5, 5.41) is 4.26. The molecule has 1 aliphatic rings. The maximum absolute atomic E-state index is 16.4. The van der Waals surface area contributed by atoms with Gasteiger partial charge in [-0.05, 0) is 86.3 Å². The second-order valence-corrected chi connectivity index (χ2v) is 18.0. The van der Waals surface area contributed by atoms with Gasteiger partial charge in [-0.1, -0.05) is 152 Å². The van der Waals surface area contributed by atoms with E-state index in [4.69, 9.17) is 24.3 Å². The van der Waals surface area contributed by atoms with Gasteiger partial charge in [0.05, 0.1) is 33.3 Å². The highest BCUT2D eigenvalue weighted by atomic mass is 19.1. The quantitative estimate of drug-likeness (QED) is 0.149. The smallest absolute Gasteiger partial charge is 0.399 e. The molecule has 1 aliphatic heterocycles. The predicted molar refractivity (Wildman–Crippen MR) is 266 cm³/mol. The Kier molecular flexibility index (Phi) is 9.17. The topological polar surface area (TPSA) is 67.0 Å². The van der Waals surface area contributed by atoms with Crippen molar-refractivity contribution in [3.63, 3.8) is 0 Å². The number of nitrogens with zero attached hydrogens (tertiary/aromatic N) is 5. The summed E-state index contributed by atoms with van der Waals surface area (Å²) < 4.78 is 33.9. The zero-order valence-corrected chi connectivity index (χ0v) is 36.9. The molecule has 0 atom stereocenters. The van der Waals surface area contributed by atoms with E-state index in [0.717, 1.165) is 71.6 Å². The minimum absolute atomic E-state index is 0.240. The first-order valence-corrected chi connectivity index (χ1v) is 22.3. The van der Waals surface area contributed by atoms with Gasteiger partial charge in [0.15, 0.2) is 11.6 Å². The van der Waals surface area contributed by atoms with E-state index in [-0.39, 0.29) is 5.46 Å². The minimum Gasteiger partial charge on any atom is -0.399 e. The Morgan fingerprint density at radius 2 is 0.970 bits per heavy atom. The van der Waals surface area contributed by atoms with Crippen LogP contribution in [0.15, 0.2) is 188 Å². The van der Waals surface area contributed by atoms with Crippen molar-refractivity contribution in [1.29, 1.82) is 0 Å². The van der Waals surface area contributed by atoms with Gasteiger partial charge < -0.3 is 13.9 Å². The molecule has 318 valence electrons. The van der Waals surface area contributed by atoms with Gasteiger partial charge >= 0.3 is 7.12 Å². The number of rotatable bonds is 7. The molecule has 0 unspecified atom stereocenters. The van der Waals surface area contributed by atoms with Gasteiger partial charge in [0.1, 0.15) is 5.82 Å². The van der Waals surface area contributed by atoms with Crippen molar-refractivity contribution in [2.45, 2.75) is 38.9 Å². The van der Waals surface area contributed by atoms with Crippen molar-refractivity contribution in [3.8, 4) is 56.7 Å². The third-order valence-corrected chi connectivity index (χ3v) is 13.6. The van der Waals surface area contributed by atoms with Crippen LogP contribution in [-0.4, -0.2) is 42.4 Å². The fourth-order valence-corrected chi connectivity index (χ4v) is 9.52. The highest BCUT2D eigenvalue weighted by Crippen LogP contribution is 2.43. The van der Waals surface area contributed by atoms with Crippen molar-refractivity contribution < 1.29 is 13.7 Å². The number of hydrogen-bond acceptors (Lipinski definition) is 5. The second-order valence-electron chi connectivity index (χ2n) is 18.0. The Balaban J connectivity index is 1.12. The van der Waals surface area contributed by atoms with Gasteiger partial charge in [-0.25, -0.2) is 9.37 Å². The van der Waals surface area contributed by atoms with Crippen LogP contribution in [0.1, 0.15) is 27.7 Å². The van der Waals surface area contributed by atoms with Crippen molar-refractivity contribution in [3.05, 3.63) is 194 Å². The third kappa shape index (κ3) is 6.37. The van der Waals surface area contributed by atoms with E-state index in [9.17, 15) is 0 Å². The van der Waals surface area contributed by atoms with E-state index in [2.05, 4.69) is 137 Å². The number of benzene rings is 8. The van der Waals surface area contributed by atoms with Crippen LogP contribution in [0.3, 0.4) is 0 Å². The lowest BCUT2D eigenvalue weighted by Gasteiger charge is -2.32. The van der Waals surface area contributed by atoms with E-state index in [1.54, 1.807) is 6.07 Å². The standard InChI is InChI=1S/C57H43BFN5O2/c1-56(2)57(3,4)66-58(65-56)51-45(22-15-23-46(51)59)54-60-53(40-28-26-38(27-29-40)36-16-7-5-8-17-36)61-55(62-54)64-47-24-13-11-20-42(47)43-34-35-49-50(52(43)64)44-21-12-14-25-48(44)63(49)41-32-30-39(31-33-41)37-18-9-6-10-19-37/h5-35H,1-4H3. The molecule has 4 heterocycles. The zero-order valence-electron chi connectivity index (χ0n) is 36.9. The Hall–Kier alpha value is -7.72. The van der Waals surface area contributed by atoms with Crippen molar-refractivity contribution >= 4 is 56.2 Å². The van der Waals surface area contributed by atoms with Gasteiger partial charge in [0, 0.05) is 43.8 Å². The largest absolute Gasteiger partial charge is 0.498 e. The molecule has 1 saturated heterocycles. The molecule has 66 heavy (non-hydrogen) atoms. The molecule has 0 radical (unpaired) electrons. The third-order valence-electron chi connectivity index (χ3n) is 13.6. The first kappa shape index (κ1) is 39.8. The molecule has 1 fully saturated rings. The van der Waals surface area contributed by atoms with Crippen molar-refractivity contribution in [2.75, 3.05) is 0 Å². The highest BCUT2D eigenvalue weighted by Gasteiger charge is 2.53. The molecule has 0 amide bonds. The van der Waals surface area contributed by atoms with E-state index in [1.807, 2.05) is 76.2 Å². The van der Waals surface area contributed by atoms with Crippen LogP contribution >= 0.6 is 0 Å². The molecule has 0 spiro atoms. The molecular weight excluding hydrogens is 816 g/mol. The molecule has 12 rings (SSSR count). The molecule has 9 heteroatoms. The van der Waals surface area contributed by atoms with Gasteiger partial charge in [0.2, 0.25) is 5.95 Å². The SMILES string of the molecule is CC1(C)OB(c2c(F)cccc2-c2nc(-c3ccc(-c4ccccc4)cc3)nc(-n3c4ccccc4c4ccc5c(c6ccccc6n5-c5ccc(-c6ccccc6)cc5)c43)n2)OC1(C)C. The molecule has 0 aliphatic carbocycles. The number of halogens is 1. The summed E-state index contributed by atoms with van der Waals surface area (Å²) >= 11 is 0. The van der Waals surface area contributed by atoms with Crippen LogP contribution in [0.2, 0.25) is 0 Å². The Bertz CT molecular complexity index is 3640. The number of hydrogen-bond donors (Lipinski definition) is 0. The Labute approximate surface area is 381 Å². The van der Waals surface area contributed by atoms with Gasteiger partial charge in [-0.15, -0.1) is 0 Å². The first-order chi connectivity index (χ1) is 32.1. The normalized spacial score (nSPS) is 14.5. The average molecular weight is 860 g/mol. The minimum atomic E-state index is -0.999. The summed E-state index contributed by atoms with van der Waals surface area (Å²) in [4.78, 5) is 15.8. The molecule has 3 aromatic heterocycles. The lowest BCUT2D eigenvalue weighted by molar-refractivity contribution is 0.00578. The summed E-state index contributed by atoms with van der Waals surface area (Å²) in [6.45, 7) is 7.86. The molecule has 0 N–H and O–H groups in total. The predicted octanol–water partition coefficient (Wildman–Crippen LogP) is 13.2. The maximum atomic E-state index is 16.4. The highest BCUT2D eigenvalue weighted by molar-refractivity contribution is 6.64. The van der Waals surface area contributed by atoms with Crippen LogP contribution in [0, 0.1) is 5.82 Å². The molecule has 0 saturated carbocycles. The maximum Gasteiger partial charge on any atom is 0.498 e. The van der Waals surface area contributed by atoms with E-state index >= 15 is 4.39 Å². The molecule has 7 nitrogen and oxygen atoms in total. The van der Waals surface area contributed by atoms with Gasteiger partial charge in [-0.3, -0.25) is 4.57 Å². The zero-order chi connectivity index (χ0) is 44.7. The van der Waals surface area contributed by atoms with Crippen LogP contribution in [0.25, 0.3) is 100 Å². The fraction of sp³-hybridized carbons (Fsp3) is 0.105. The summed E-state index contributed by atoms with van der Waals surface area (Å²) in [6, 6.07) is 64.0. The van der Waals surface area contributed by atoms with Crippen LogP contribution in [-0.2, 0) is 9.31 Å². The first-order valence-electron chi connectivity index (χ1n) is 22.3. The van der Waals surface area contributed by atoms with Gasteiger partial charge in [-0.2, -0.15) is 9.97 Å². The van der Waals surface area contributed by atoms with E-state index in [0.29, 0.717) is 23.2 Å². The molecule has 0 bridgehead atoms. The number of aromatic nitrogens is 5. The van der Waals surface area contributed by atoms with Crippen molar-refractivity contribution in [1.82, 2.24) is 24.1 Å². The molecule has 8 aromatic carbocycles. The van der Waals surface area contributed by atoms with Crippen molar-refractivity contribution in [2.24, 2.45) is 0 Å². The molecule has 11 aromatic rings. The number of para-hydroxylation sites is 2. The molecular formula is C57H43BFN5O2. The van der Waals surface area contributed by atoms with Crippen LogP contribution in [0.4, 0.5) is 4.39 Å². The number of fused-ring (bicyclic) bond motifs is 7. The Morgan fingerprint density at radius 1 is 0.439 bits per heavy atom. The average Bonchev–Trinajstić information content (AvgIpc) is 3.94. The second kappa shape index (κ2) is 15.2. The van der Waals surface area contributed by atoms with E-state index in [1.165, 1.54) is 11.6 Å². The van der Waals surface area contributed by atoms with E-state index < -0.39 is 24.1 Å². The van der Waals surface area contributed by atoms with Crippen LogP contribution in [0.5, 0.6) is 0 Å².